The van der Waals surface area contributed by atoms with Crippen molar-refractivity contribution in [1.29, 1.82) is 0 Å². The number of rotatable bonds is 8. The van der Waals surface area contributed by atoms with Crippen molar-refractivity contribution >= 4 is 33.4 Å². The highest BCUT2D eigenvalue weighted by atomic mass is 32.2. The van der Waals surface area contributed by atoms with Crippen LogP contribution in [0.3, 0.4) is 0 Å². The summed E-state index contributed by atoms with van der Waals surface area (Å²) < 4.78 is 25.8. The summed E-state index contributed by atoms with van der Waals surface area (Å²) in [6.45, 7) is 1.86. The Morgan fingerprint density at radius 1 is 1.30 bits per heavy atom. The number of carbonyl (C=O) groups is 1. The van der Waals surface area contributed by atoms with Crippen LogP contribution >= 0.6 is 11.8 Å². The number of hydrogen-bond acceptors (Lipinski definition) is 5. The molecular weight excluding hydrogens is 298 g/mol. The third kappa shape index (κ3) is 6.78. The Morgan fingerprint density at radius 2 is 2.00 bits per heavy atom. The topological polar surface area (TPSA) is 101 Å². The summed E-state index contributed by atoms with van der Waals surface area (Å²) in [5.74, 6) is 0.245. The zero-order chi connectivity index (χ0) is 15.0. The van der Waals surface area contributed by atoms with Gasteiger partial charge in [-0.15, -0.1) is 11.8 Å². The number of carbonyl (C=O) groups excluding carboxylic acids is 1. The maximum Gasteiger partial charge on any atom is 0.216 e. The molecule has 0 radical (unpaired) electrons. The van der Waals surface area contributed by atoms with Gasteiger partial charge in [0.25, 0.3) is 0 Å². The number of amides is 1. The van der Waals surface area contributed by atoms with Crippen LogP contribution in [0.15, 0.2) is 29.2 Å². The smallest absolute Gasteiger partial charge is 0.216 e. The van der Waals surface area contributed by atoms with Crippen molar-refractivity contribution < 1.29 is 13.2 Å². The predicted octanol–water partition coefficient (Wildman–Crippen LogP) is 0.416. The van der Waals surface area contributed by atoms with Gasteiger partial charge in [0.2, 0.25) is 15.9 Å². The van der Waals surface area contributed by atoms with Crippen molar-refractivity contribution in [3.05, 3.63) is 24.3 Å². The van der Waals surface area contributed by atoms with Crippen molar-refractivity contribution in [2.75, 3.05) is 30.3 Å². The van der Waals surface area contributed by atoms with Gasteiger partial charge in [-0.25, -0.2) is 13.1 Å². The Balaban J connectivity index is 2.29. The highest BCUT2D eigenvalue weighted by Gasteiger charge is 2.10. The van der Waals surface area contributed by atoms with Gasteiger partial charge in [-0.2, -0.15) is 0 Å². The van der Waals surface area contributed by atoms with E-state index in [1.807, 2.05) is 18.2 Å². The lowest BCUT2D eigenvalue weighted by atomic mass is 10.3. The Morgan fingerprint density at radius 3 is 2.65 bits per heavy atom. The lowest BCUT2D eigenvalue weighted by molar-refractivity contribution is -0.118. The average Bonchev–Trinajstić information content (AvgIpc) is 2.37. The monoisotopic (exact) mass is 317 g/mol. The van der Waals surface area contributed by atoms with Crippen LogP contribution in [0.4, 0.5) is 5.69 Å². The zero-order valence-electron chi connectivity index (χ0n) is 11.3. The molecule has 8 heteroatoms. The van der Waals surface area contributed by atoms with Gasteiger partial charge < -0.3 is 11.1 Å². The number of nitrogens with one attached hydrogen (secondary N) is 2. The summed E-state index contributed by atoms with van der Waals surface area (Å²) in [5.41, 5.74) is 6.42. The number of anilines is 1. The molecule has 1 aromatic carbocycles. The van der Waals surface area contributed by atoms with E-state index in [9.17, 15) is 13.2 Å². The molecule has 0 unspecified atom stereocenters. The minimum Gasteiger partial charge on any atom is -0.398 e. The van der Waals surface area contributed by atoms with Gasteiger partial charge in [0.15, 0.2) is 0 Å². The second-order valence-electron chi connectivity index (χ2n) is 4.08. The number of para-hydroxylation sites is 1. The number of thioether (sulfide) groups is 1. The molecule has 20 heavy (non-hydrogen) atoms. The van der Waals surface area contributed by atoms with Crippen LogP contribution < -0.4 is 15.8 Å². The number of nitrogen functional groups attached to an aromatic ring is 1. The molecule has 6 nitrogen and oxygen atoms in total. The molecule has 0 aliphatic rings. The van der Waals surface area contributed by atoms with Crippen molar-refractivity contribution in [2.45, 2.75) is 11.8 Å². The molecule has 0 heterocycles. The van der Waals surface area contributed by atoms with Gasteiger partial charge in [-0.3, -0.25) is 4.79 Å². The quantitative estimate of drug-likeness (QED) is 0.366. The molecule has 0 aliphatic carbocycles. The lowest BCUT2D eigenvalue weighted by Gasteiger charge is -2.08. The summed E-state index contributed by atoms with van der Waals surface area (Å²) in [4.78, 5) is 11.5. The number of benzene rings is 1. The third-order valence-corrected chi connectivity index (χ3v) is 5.08. The lowest BCUT2D eigenvalue weighted by Crippen LogP contribution is -2.35. The van der Waals surface area contributed by atoms with Gasteiger partial charge in [0.1, 0.15) is 0 Å². The summed E-state index contributed by atoms with van der Waals surface area (Å²) in [7, 11) is -3.33. The molecule has 112 valence electrons. The second-order valence-corrected chi connectivity index (χ2v) is 7.15. The van der Waals surface area contributed by atoms with Crippen molar-refractivity contribution in [1.82, 2.24) is 10.0 Å². The molecule has 1 amide bonds. The zero-order valence-corrected chi connectivity index (χ0v) is 12.9. The standard InChI is InChI=1S/C12H19N3O3S2/c1-10(16)14-6-7-15-20(17,18)9-8-19-12-5-3-2-4-11(12)13/h2-5,15H,6-9,13H2,1H3,(H,14,16). The Bertz CT molecular complexity index is 547. The molecular formula is C12H19N3O3S2. The van der Waals surface area contributed by atoms with Crippen molar-refractivity contribution in [3.63, 3.8) is 0 Å². The van der Waals surface area contributed by atoms with E-state index in [-0.39, 0.29) is 24.7 Å². The molecule has 0 fully saturated rings. The van der Waals surface area contributed by atoms with E-state index in [1.165, 1.54) is 18.7 Å². The molecule has 1 rings (SSSR count). The van der Waals surface area contributed by atoms with E-state index in [4.69, 9.17) is 5.73 Å². The van der Waals surface area contributed by atoms with E-state index >= 15 is 0 Å². The summed E-state index contributed by atoms with van der Waals surface area (Å²) >= 11 is 1.40. The van der Waals surface area contributed by atoms with Gasteiger partial charge in [-0.05, 0) is 12.1 Å². The van der Waals surface area contributed by atoms with Gasteiger partial charge in [0.05, 0.1) is 5.75 Å². The van der Waals surface area contributed by atoms with E-state index in [1.54, 1.807) is 6.07 Å². The minimum atomic E-state index is -3.33. The van der Waals surface area contributed by atoms with Crippen LogP contribution in [0.5, 0.6) is 0 Å². The highest BCUT2D eigenvalue weighted by Crippen LogP contribution is 2.24. The van der Waals surface area contributed by atoms with Crippen molar-refractivity contribution in [2.24, 2.45) is 0 Å². The molecule has 0 aromatic heterocycles. The summed E-state index contributed by atoms with van der Waals surface area (Å²) in [5, 5.41) is 2.52. The first-order chi connectivity index (χ1) is 9.41. The van der Waals surface area contributed by atoms with E-state index in [0.717, 1.165) is 4.90 Å². The molecule has 1 aromatic rings. The number of hydrogen-bond donors (Lipinski definition) is 3. The Labute approximate surface area is 123 Å². The van der Waals surface area contributed by atoms with Gasteiger partial charge in [-0.1, -0.05) is 12.1 Å². The fourth-order valence-electron chi connectivity index (χ4n) is 1.39. The first-order valence-electron chi connectivity index (χ1n) is 6.10. The molecule has 0 atom stereocenters. The molecule has 0 aliphatic heterocycles. The van der Waals surface area contributed by atoms with Crippen LogP contribution in [0, 0.1) is 0 Å². The molecule has 0 spiro atoms. The third-order valence-electron chi connectivity index (χ3n) is 2.35. The van der Waals surface area contributed by atoms with Crippen LogP contribution in [-0.2, 0) is 14.8 Å². The van der Waals surface area contributed by atoms with Crippen molar-refractivity contribution in [3.8, 4) is 0 Å². The summed E-state index contributed by atoms with van der Waals surface area (Å²) in [6.07, 6.45) is 0. The fourth-order valence-corrected chi connectivity index (χ4v) is 3.79. The predicted molar refractivity (Wildman–Crippen MR) is 82.1 cm³/mol. The second kappa shape index (κ2) is 8.13. The first-order valence-corrected chi connectivity index (χ1v) is 8.73. The normalized spacial score (nSPS) is 11.2. The van der Waals surface area contributed by atoms with Gasteiger partial charge >= 0.3 is 0 Å². The first kappa shape index (κ1) is 16.8. The van der Waals surface area contributed by atoms with Gasteiger partial charge in [0, 0.05) is 36.3 Å². The van der Waals surface area contributed by atoms with E-state index in [2.05, 4.69) is 10.0 Å². The minimum absolute atomic E-state index is 0.00602. The fraction of sp³-hybridized carbons (Fsp3) is 0.417. The number of nitrogens with two attached hydrogens (primary N) is 1. The highest BCUT2D eigenvalue weighted by molar-refractivity contribution is 8.00. The maximum atomic E-state index is 11.7. The van der Waals surface area contributed by atoms with Crippen LogP contribution in [-0.4, -0.2) is 38.9 Å². The average molecular weight is 317 g/mol. The number of sulfonamides is 1. The van der Waals surface area contributed by atoms with E-state index < -0.39 is 10.0 Å². The maximum absolute atomic E-state index is 11.7. The largest absolute Gasteiger partial charge is 0.398 e. The Hall–Kier alpha value is -1.25. The summed E-state index contributed by atoms with van der Waals surface area (Å²) in [6, 6.07) is 7.33. The molecule has 4 N–H and O–H groups in total. The van der Waals surface area contributed by atoms with Crippen LogP contribution in [0.1, 0.15) is 6.92 Å². The van der Waals surface area contributed by atoms with Crippen LogP contribution in [0.2, 0.25) is 0 Å². The van der Waals surface area contributed by atoms with Crippen LogP contribution in [0.25, 0.3) is 0 Å². The SMILES string of the molecule is CC(=O)NCCNS(=O)(=O)CCSc1ccccc1N. The molecule has 0 saturated heterocycles. The Kier molecular flexibility index (Phi) is 6.83. The molecule has 0 saturated carbocycles. The molecule has 0 bridgehead atoms. The van der Waals surface area contributed by atoms with E-state index in [0.29, 0.717) is 11.4 Å².